The minimum Gasteiger partial charge on any atom is -0.550 e. The average Bonchev–Trinajstić information content (AvgIpc) is 2.59. The molecule has 0 unspecified atom stereocenters. The molecule has 0 aliphatic carbocycles. The van der Waals surface area contributed by atoms with Crippen LogP contribution in [-0.4, -0.2) is 76.1 Å². The Bertz CT molecular complexity index is 484. The Hall–Kier alpha value is -1.39. The van der Waals surface area contributed by atoms with Gasteiger partial charge in [-0.15, -0.1) is 0 Å². The molecule has 0 radical (unpaired) electrons. The number of rotatable bonds is 7. The Morgan fingerprint density at radius 3 is 2.50 bits per heavy atom. The van der Waals surface area contributed by atoms with Crippen molar-refractivity contribution in [2.45, 2.75) is 12.5 Å². The number of carbonyl (C=O) groups is 2. The zero-order chi connectivity index (χ0) is 15.6. The van der Waals surface area contributed by atoms with Crippen molar-refractivity contribution < 1.29 is 32.3 Å². The topological polar surface area (TPSA) is 116 Å². The maximum atomic E-state index is 12.0. The van der Waals surface area contributed by atoms with E-state index >= 15 is 0 Å². The maximum Gasteiger partial charge on any atom is 0.424 e. The lowest BCUT2D eigenvalue weighted by atomic mass is 10.2. The highest BCUT2D eigenvalue weighted by Crippen LogP contribution is 2.10. The van der Waals surface area contributed by atoms with Crippen LogP contribution < -0.4 is 9.83 Å². The molecule has 0 bridgehead atoms. The van der Waals surface area contributed by atoms with Crippen LogP contribution in [0.3, 0.4) is 0 Å². The van der Waals surface area contributed by atoms with Crippen molar-refractivity contribution in [2.24, 2.45) is 0 Å². The van der Waals surface area contributed by atoms with Crippen molar-refractivity contribution in [2.75, 3.05) is 40.8 Å². The molecule has 1 saturated heterocycles. The van der Waals surface area contributed by atoms with Gasteiger partial charge in [-0.3, -0.25) is 0 Å². The Morgan fingerprint density at radius 2 is 2.10 bits per heavy atom. The molecule has 1 aliphatic rings. The molecule has 0 aromatic rings. The van der Waals surface area contributed by atoms with Crippen LogP contribution in [0.1, 0.15) is 6.42 Å². The first kappa shape index (κ1) is 16.7. The number of aliphatic carboxylic acids is 1. The minimum atomic E-state index is -4.12. The van der Waals surface area contributed by atoms with Gasteiger partial charge in [0.25, 0.3) is 0 Å². The molecule has 0 aromatic heterocycles. The summed E-state index contributed by atoms with van der Waals surface area (Å²) in [6.45, 7) is 0.132. The fourth-order valence-corrected chi connectivity index (χ4v) is 3.15. The number of likely N-dealkylation sites (N-methyl/N-ethyl adjacent to an activating group) is 1. The fourth-order valence-electron chi connectivity index (χ4n) is 1.88. The van der Waals surface area contributed by atoms with Crippen LogP contribution in [0.2, 0.25) is 0 Å². The summed E-state index contributed by atoms with van der Waals surface area (Å²) in [5.74, 6) is -1.37. The molecular weight excluding hydrogens is 290 g/mol. The zero-order valence-corrected chi connectivity index (χ0v) is 12.5. The second kappa shape index (κ2) is 5.94. The van der Waals surface area contributed by atoms with E-state index in [-0.39, 0.29) is 19.7 Å². The van der Waals surface area contributed by atoms with Gasteiger partial charge in [0.2, 0.25) is 0 Å². The van der Waals surface area contributed by atoms with E-state index in [0.29, 0.717) is 8.79 Å². The summed E-state index contributed by atoms with van der Waals surface area (Å²) in [5, 5.41) is 10.7. The van der Waals surface area contributed by atoms with Crippen molar-refractivity contribution in [3.05, 3.63) is 0 Å². The van der Waals surface area contributed by atoms with E-state index in [9.17, 15) is 23.1 Å². The van der Waals surface area contributed by atoms with E-state index in [1.54, 1.807) is 21.1 Å². The predicted octanol–water partition coefficient (Wildman–Crippen LogP) is -2.51. The SMILES string of the molecule is C[N+](C)(C)C[C@@H](CC(=O)[O-])NS(=O)(=O)N1CCOC1=O. The molecule has 1 heterocycles. The molecule has 9 nitrogen and oxygen atoms in total. The monoisotopic (exact) mass is 309 g/mol. The lowest BCUT2D eigenvalue weighted by Gasteiger charge is -2.30. The third kappa shape index (κ3) is 4.94. The molecule has 1 aliphatic heterocycles. The Balaban J connectivity index is 2.82. The van der Waals surface area contributed by atoms with Gasteiger partial charge in [0, 0.05) is 12.4 Å². The van der Waals surface area contributed by atoms with Gasteiger partial charge < -0.3 is 19.1 Å². The van der Waals surface area contributed by atoms with Crippen LogP contribution in [0.25, 0.3) is 0 Å². The molecule has 0 aromatic carbocycles. The lowest BCUT2D eigenvalue weighted by Crippen LogP contribution is -2.54. The molecule has 1 N–H and O–H groups in total. The first-order valence-electron chi connectivity index (χ1n) is 5.98. The molecule has 1 rings (SSSR count). The van der Waals surface area contributed by atoms with Gasteiger partial charge in [-0.05, 0) is 0 Å². The second-order valence-corrected chi connectivity index (χ2v) is 7.18. The van der Waals surface area contributed by atoms with Crippen molar-refractivity contribution in [1.29, 1.82) is 0 Å². The third-order valence-electron chi connectivity index (χ3n) is 2.51. The summed E-state index contributed by atoms with van der Waals surface area (Å²) < 4.78 is 31.7. The third-order valence-corrected chi connectivity index (χ3v) is 4.05. The largest absolute Gasteiger partial charge is 0.550 e. The number of hydrogen-bond donors (Lipinski definition) is 1. The summed E-state index contributed by atoms with van der Waals surface area (Å²) >= 11 is 0. The maximum absolute atomic E-state index is 12.0. The Kier molecular flexibility index (Phi) is 4.95. The Morgan fingerprint density at radius 1 is 1.50 bits per heavy atom. The molecular formula is C10H19N3O6S. The first-order valence-corrected chi connectivity index (χ1v) is 7.42. The molecule has 1 amide bonds. The number of carbonyl (C=O) groups excluding carboxylic acids is 2. The normalized spacial score (nSPS) is 17.9. The smallest absolute Gasteiger partial charge is 0.424 e. The van der Waals surface area contributed by atoms with Crippen LogP contribution in [0.5, 0.6) is 0 Å². The van der Waals surface area contributed by atoms with Gasteiger partial charge in [-0.2, -0.15) is 17.4 Å². The second-order valence-electron chi connectivity index (χ2n) is 5.56. The number of cyclic esters (lactones) is 1. The molecule has 10 heteroatoms. The van der Waals surface area contributed by atoms with Crippen LogP contribution >= 0.6 is 0 Å². The number of ether oxygens (including phenoxy) is 1. The quantitative estimate of drug-likeness (QED) is 0.519. The number of nitrogens with one attached hydrogen (secondary N) is 1. The molecule has 20 heavy (non-hydrogen) atoms. The summed E-state index contributed by atoms with van der Waals surface area (Å²) in [4.78, 5) is 22.0. The number of nitrogens with zero attached hydrogens (tertiary/aromatic N) is 2. The number of quaternary nitrogens is 1. The number of amides is 1. The number of carboxylic acids is 1. The van der Waals surface area contributed by atoms with E-state index in [1.165, 1.54) is 0 Å². The average molecular weight is 309 g/mol. The summed E-state index contributed by atoms with van der Waals surface area (Å²) in [5.41, 5.74) is 0. The first-order chi connectivity index (χ1) is 9.01. The van der Waals surface area contributed by atoms with Gasteiger partial charge in [-0.1, -0.05) is 0 Å². The Labute approximate surface area is 117 Å². The zero-order valence-electron chi connectivity index (χ0n) is 11.7. The van der Waals surface area contributed by atoms with Gasteiger partial charge in [0.1, 0.15) is 6.61 Å². The van der Waals surface area contributed by atoms with Crippen LogP contribution in [0, 0.1) is 0 Å². The molecule has 0 spiro atoms. The summed E-state index contributed by atoms with van der Waals surface area (Å²) in [7, 11) is 1.26. The number of carboxylic acid groups (broad SMARTS) is 1. The van der Waals surface area contributed by atoms with Crippen molar-refractivity contribution in [1.82, 2.24) is 9.03 Å². The minimum absolute atomic E-state index is 0.0137. The fraction of sp³-hybridized carbons (Fsp3) is 0.800. The number of hydrogen-bond acceptors (Lipinski definition) is 6. The lowest BCUT2D eigenvalue weighted by molar-refractivity contribution is -0.871. The van der Waals surface area contributed by atoms with Gasteiger partial charge in [-0.25, -0.2) is 4.79 Å². The van der Waals surface area contributed by atoms with E-state index in [2.05, 4.69) is 9.46 Å². The van der Waals surface area contributed by atoms with E-state index in [4.69, 9.17) is 0 Å². The van der Waals surface area contributed by atoms with Gasteiger partial charge in [0.05, 0.1) is 40.3 Å². The van der Waals surface area contributed by atoms with E-state index < -0.39 is 34.7 Å². The molecule has 0 saturated carbocycles. The highest BCUT2D eigenvalue weighted by atomic mass is 32.2. The highest BCUT2D eigenvalue weighted by Gasteiger charge is 2.35. The van der Waals surface area contributed by atoms with Crippen LogP contribution in [-0.2, 0) is 19.7 Å². The predicted molar refractivity (Wildman–Crippen MR) is 66.4 cm³/mol. The molecule has 116 valence electrons. The molecule has 1 fully saturated rings. The van der Waals surface area contributed by atoms with Gasteiger partial charge in [0.15, 0.2) is 0 Å². The van der Waals surface area contributed by atoms with Crippen molar-refractivity contribution in [3.63, 3.8) is 0 Å². The standard InChI is InChI=1S/C10H19N3O6S/c1-13(2,3)7-8(6-9(14)15)11-20(17,18)12-4-5-19-10(12)16/h8,11H,4-7H2,1-3H3/t8-/m1/s1. The van der Waals surface area contributed by atoms with Crippen LogP contribution in [0.15, 0.2) is 0 Å². The highest BCUT2D eigenvalue weighted by molar-refractivity contribution is 7.87. The van der Waals surface area contributed by atoms with Crippen LogP contribution in [0.4, 0.5) is 4.79 Å². The van der Waals surface area contributed by atoms with E-state index in [1.807, 2.05) is 0 Å². The van der Waals surface area contributed by atoms with Gasteiger partial charge >= 0.3 is 16.3 Å². The van der Waals surface area contributed by atoms with E-state index in [0.717, 1.165) is 0 Å². The summed E-state index contributed by atoms with van der Waals surface area (Å²) in [6.07, 6.45) is -1.44. The van der Waals surface area contributed by atoms with Crippen molar-refractivity contribution in [3.8, 4) is 0 Å². The molecule has 1 atom stereocenters. The van der Waals surface area contributed by atoms with Crippen molar-refractivity contribution >= 4 is 22.3 Å². The summed E-state index contributed by atoms with van der Waals surface area (Å²) in [6, 6.07) is -0.876.